The molecule has 1 aromatic rings. The number of rotatable bonds is 3. The number of nitriles is 1. The molecule has 0 saturated heterocycles. The fraction of sp³-hybridized carbons (Fsp3) is 0.562. The number of benzene rings is 1. The Morgan fingerprint density at radius 3 is 2.50 bits per heavy atom. The van der Waals surface area contributed by atoms with Gasteiger partial charge in [0, 0.05) is 5.69 Å². The topological polar surface area (TPSA) is 35.8 Å². The van der Waals surface area contributed by atoms with Crippen LogP contribution in [0.3, 0.4) is 0 Å². The van der Waals surface area contributed by atoms with Gasteiger partial charge in [-0.1, -0.05) is 44.4 Å². The summed E-state index contributed by atoms with van der Waals surface area (Å²) in [6.45, 7) is 4.33. The second-order valence-corrected chi connectivity index (χ2v) is 5.67. The largest absolute Gasteiger partial charge is 0.367 e. The number of nitrogens with zero attached hydrogens (tertiary/aromatic N) is 1. The first-order valence-electron chi connectivity index (χ1n) is 6.90. The van der Waals surface area contributed by atoms with Crippen molar-refractivity contribution in [3.05, 3.63) is 30.3 Å². The molecule has 0 aliphatic heterocycles. The molecule has 0 radical (unpaired) electrons. The van der Waals surface area contributed by atoms with Crippen LogP contribution in [0.1, 0.15) is 39.5 Å². The van der Waals surface area contributed by atoms with Gasteiger partial charge in [-0.2, -0.15) is 5.26 Å². The predicted molar refractivity (Wildman–Crippen MR) is 75.2 cm³/mol. The Bertz CT molecular complexity index is 420. The first-order valence-corrected chi connectivity index (χ1v) is 6.90. The second kappa shape index (κ2) is 5.44. The summed E-state index contributed by atoms with van der Waals surface area (Å²) >= 11 is 0. The molecule has 1 N–H and O–H groups in total. The predicted octanol–water partition coefficient (Wildman–Crippen LogP) is 4.21. The Hall–Kier alpha value is -1.49. The van der Waals surface area contributed by atoms with Gasteiger partial charge in [0.25, 0.3) is 0 Å². The van der Waals surface area contributed by atoms with E-state index in [-0.39, 0.29) is 0 Å². The summed E-state index contributed by atoms with van der Waals surface area (Å²) in [5.74, 6) is 1.07. The molecule has 3 atom stereocenters. The van der Waals surface area contributed by atoms with Crippen molar-refractivity contribution in [3.8, 4) is 6.07 Å². The van der Waals surface area contributed by atoms with Crippen LogP contribution in [0.2, 0.25) is 0 Å². The highest BCUT2D eigenvalue weighted by Crippen LogP contribution is 2.38. The van der Waals surface area contributed by atoms with Crippen molar-refractivity contribution in [2.45, 2.75) is 45.1 Å². The Kier molecular flexibility index (Phi) is 3.91. The monoisotopic (exact) mass is 242 g/mol. The zero-order valence-electron chi connectivity index (χ0n) is 11.3. The molecule has 2 nitrogen and oxygen atoms in total. The first kappa shape index (κ1) is 13.0. The molecule has 0 aromatic heterocycles. The first-order chi connectivity index (χ1) is 8.65. The molecule has 0 spiro atoms. The van der Waals surface area contributed by atoms with Gasteiger partial charge in [-0.3, -0.25) is 0 Å². The van der Waals surface area contributed by atoms with Crippen molar-refractivity contribution < 1.29 is 0 Å². The van der Waals surface area contributed by atoms with E-state index in [4.69, 9.17) is 0 Å². The van der Waals surface area contributed by atoms with Crippen molar-refractivity contribution in [2.75, 3.05) is 5.32 Å². The van der Waals surface area contributed by atoms with Gasteiger partial charge >= 0.3 is 0 Å². The van der Waals surface area contributed by atoms with Crippen LogP contribution in [0.15, 0.2) is 30.3 Å². The van der Waals surface area contributed by atoms with Crippen LogP contribution in [0, 0.1) is 23.2 Å². The SMILES string of the molecule is C[C@H]1CCCC[C@@H]1[C@@](C)(C#N)Nc1ccccc1. The summed E-state index contributed by atoms with van der Waals surface area (Å²) in [7, 11) is 0. The summed E-state index contributed by atoms with van der Waals surface area (Å²) < 4.78 is 0. The maximum Gasteiger partial charge on any atom is 0.125 e. The zero-order valence-corrected chi connectivity index (χ0v) is 11.3. The molecule has 1 aliphatic carbocycles. The van der Waals surface area contributed by atoms with Crippen molar-refractivity contribution in [1.82, 2.24) is 0 Å². The van der Waals surface area contributed by atoms with Gasteiger partial charge in [-0.15, -0.1) is 0 Å². The molecule has 2 heteroatoms. The van der Waals surface area contributed by atoms with Gasteiger partial charge in [0.2, 0.25) is 0 Å². The van der Waals surface area contributed by atoms with Gasteiger partial charge < -0.3 is 5.32 Å². The van der Waals surface area contributed by atoms with Crippen molar-refractivity contribution in [2.24, 2.45) is 11.8 Å². The molecule has 0 amide bonds. The minimum atomic E-state index is -0.457. The number of anilines is 1. The Balaban J connectivity index is 2.17. The maximum atomic E-state index is 9.60. The quantitative estimate of drug-likeness (QED) is 0.862. The fourth-order valence-electron chi connectivity index (χ4n) is 3.20. The van der Waals surface area contributed by atoms with Crippen LogP contribution < -0.4 is 5.32 Å². The molecule has 18 heavy (non-hydrogen) atoms. The third kappa shape index (κ3) is 2.67. The molecule has 0 bridgehead atoms. The van der Waals surface area contributed by atoms with E-state index in [9.17, 15) is 5.26 Å². The summed E-state index contributed by atoms with van der Waals surface area (Å²) in [6, 6.07) is 12.6. The third-order valence-electron chi connectivity index (χ3n) is 4.26. The fourth-order valence-corrected chi connectivity index (χ4v) is 3.20. The lowest BCUT2D eigenvalue weighted by Gasteiger charge is -2.40. The van der Waals surface area contributed by atoms with Gasteiger partial charge in [-0.25, -0.2) is 0 Å². The van der Waals surface area contributed by atoms with Gasteiger partial charge in [0.05, 0.1) is 6.07 Å². The third-order valence-corrected chi connectivity index (χ3v) is 4.26. The molecule has 1 aliphatic rings. The van der Waals surface area contributed by atoms with Gasteiger partial charge in [0.1, 0.15) is 5.54 Å². The zero-order chi connectivity index (χ0) is 13.0. The van der Waals surface area contributed by atoms with Gasteiger partial charge in [-0.05, 0) is 37.3 Å². The van der Waals surface area contributed by atoms with Crippen LogP contribution in [0.5, 0.6) is 0 Å². The number of para-hydroxylation sites is 1. The highest BCUT2D eigenvalue weighted by Gasteiger charge is 2.38. The minimum Gasteiger partial charge on any atom is -0.367 e. The average molecular weight is 242 g/mol. The van der Waals surface area contributed by atoms with Crippen molar-refractivity contribution >= 4 is 5.69 Å². The van der Waals surface area contributed by atoms with Crippen LogP contribution in [0.4, 0.5) is 5.69 Å². The van der Waals surface area contributed by atoms with Crippen LogP contribution in [-0.4, -0.2) is 5.54 Å². The molecule has 96 valence electrons. The Morgan fingerprint density at radius 2 is 1.89 bits per heavy atom. The van der Waals surface area contributed by atoms with E-state index in [1.807, 2.05) is 37.3 Å². The van der Waals surface area contributed by atoms with E-state index in [0.29, 0.717) is 11.8 Å². The molecule has 1 saturated carbocycles. The Morgan fingerprint density at radius 1 is 1.22 bits per heavy atom. The molecular formula is C16H22N2. The molecule has 1 aromatic carbocycles. The highest BCUT2D eigenvalue weighted by molar-refractivity contribution is 5.47. The standard InChI is InChI=1S/C16H22N2/c1-13-8-6-7-11-15(13)16(2,12-17)18-14-9-4-3-5-10-14/h3-5,9-10,13,15,18H,6-8,11H2,1-2H3/t13-,15-,16+/m0/s1. The van der Waals surface area contributed by atoms with E-state index in [0.717, 1.165) is 12.1 Å². The molecule has 2 rings (SSSR count). The second-order valence-electron chi connectivity index (χ2n) is 5.67. The minimum absolute atomic E-state index is 0.441. The molecule has 1 fully saturated rings. The lowest BCUT2D eigenvalue weighted by molar-refractivity contribution is 0.202. The molecule has 0 heterocycles. The summed E-state index contributed by atoms with van der Waals surface area (Å²) in [5.41, 5.74) is 0.584. The van der Waals surface area contributed by atoms with E-state index in [1.165, 1.54) is 19.3 Å². The number of hydrogen-bond donors (Lipinski definition) is 1. The van der Waals surface area contributed by atoms with E-state index in [1.54, 1.807) is 0 Å². The average Bonchev–Trinajstić information content (AvgIpc) is 2.40. The smallest absolute Gasteiger partial charge is 0.125 e. The number of hydrogen-bond acceptors (Lipinski definition) is 2. The lowest BCUT2D eigenvalue weighted by atomic mass is 9.70. The van der Waals surface area contributed by atoms with Crippen LogP contribution >= 0.6 is 0 Å². The van der Waals surface area contributed by atoms with Crippen LogP contribution in [0.25, 0.3) is 0 Å². The normalized spacial score (nSPS) is 26.9. The Labute approximate surface area is 110 Å². The highest BCUT2D eigenvalue weighted by atomic mass is 15.0. The molecular weight excluding hydrogens is 220 g/mol. The van der Waals surface area contributed by atoms with E-state index < -0.39 is 5.54 Å². The van der Waals surface area contributed by atoms with E-state index in [2.05, 4.69) is 18.3 Å². The van der Waals surface area contributed by atoms with Gasteiger partial charge in [0.15, 0.2) is 0 Å². The van der Waals surface area contributed by atoms with Crippen molar-refractivity contribution in [1.29, 1.82) is 5.26 Å². The van der Waals surface area contributed by atoms with Crippen molar-refractivity contribution in [3.63, 3.8) is 0 Å². The van der Waals surface area contributed by atoms with Crippen LogP contribution in [-0.2, 0) is 0 Å². The summed E-state index contributed by atoms with van der Waals surface area (Å²) in [5, 5.41) is 13.0. The lowest BCUT2D eigenvalue weighted by Crippen LogP contribution is -2.45. The maximum absolute atomic E-state index is 9.60. The molecule has 0 unspecified atom stereocenters. The van der Waals surface area contributed by atoms with E-state index >= 15 is 0 Å². The summed E-state index contributed by atoms with van der Waals surface area (Å²) in [4.78, 5) is 0. The summed E-state index contributed by atoms with van der Waals surface area (Å²) in [6.07, 6.45) is 4.97. The number of nitrogens with one attached hydrogen (secondary N) is 1.